The minimum atomic E-state index is -3.48. The largest absolute Gasteiger partial charge is 0.496 e. The molecule has 2 rings (SSSR count). The summed E-state index contributed by atoms with van der Waals surface area (Å²) in [5, 5.41) is 3.20. The van der Waals surface area contributed by atoms with Crippen LogP contribution in [-0.2, 0) is 10.0 Å². The van der Waals surface area contributed by atoms with Gasteiger partial charge in [0.05, 0.1) is 12.0 Å². The lowest BCUT2D eigenvalue weighted by atomic mass is 10.1. The Labute approximate surface area is 120 Å². The number of nitrogens with one attached hydrogen (secondary N) is 2. The molecule has 20 heavy (non-hydrogen) atoms. The molecule has 0 amide bonds. The van der Waals surface area contributed by atoms with Crippen LogP contribution in [0, 0.1) is 13.8 Å². The van der Waals surface area contributed by atoms with Crippen LogP contribution in [0.2, 0.25) is 0 Å². The average Bonchev–Trinajstić information content (AvgIpc) is 2.39. The first-order valence-electron chi connectivity index (χ1n) is 6.82. The molecule has 2 N–H and O–H groups in total. The smallest absolute Gasteiger partial charge is 0.240 e. The van der Waals surface area contributed by atoms with Gasteiger partial charge in [0.1, 0.15) is 5.75 Å². The minimum absolute atomic E-state index is 0.0311. The Bertz CT molecular complexity index is 555. The zero-order valence-corrected chi connectivity index (χ0v) is 13.0. The van der Waals surface area contributed by atoms with Crippen molar-refractivity contribution in [2.24, 2.45) is 0 Å². The number of sulfonamides is 1. The van der Waals surface area contributed by atoms with Crippen molar-refractivity contribution in [3.8, 4) is 5.75 Å². The Kier molecular flexibility index (Phi) is 4.67. The Morgan fingerprint density at radius 2 is 1.95 bits per heavy atom. The fourth-order valence-electron chi connectivity index (χ4n) is 2.63. The molecule has 1 aliphatic rings. The summed E-state index contributed by atoms with van der Waals surface area (Å²) in [5.74, 6) is 0.739. The number of piperidine rings is 1. The summed E-state index contributed by atoms with van der Waals surface area (Å²) in [4.78, 5) is 0.305. The van der Waals surface area contributed by atoms with Gasteiger partial charge < -0.3 is 10.1 Å². The predicted molar refractivity (Wildman–Crippen MR) is 78.7 cm³/mol. The molecule has 0 bridgehead atoms. The summed E-state index contributed by atoms with van der Waals surface area (Å²) in [5.41, 5.74) is 1.66. The van der Waals surface area contributed by atoms with Crippen molar-refractivity contribution >= 4 is 10.0 Å². The molecule has 1 fully saturated rings. The highest BCUT2D eigenvalue weighted by Gasteiger charge is 2.22. The Balaban J connectivity index is 2.25. The lowest BCUT2D eigenvalue weighted by Crippen LogP contribution is -2.45. The summed E-state index contributed by atoms with van der Waals surface area (Å²) in [6.45, 7) is 5.35. The molecule has 1 atom stereocenters. The molecule has 1 saturated heterocycles. The quantitative estimate of drug-likeness (QED) is 0.880. The number of rotatable bonds is 4. The SMILES string of the molecule is COc1c(C)cc(S(=O)(=O)NC2CCCNC2)cc1C. The van der Waals surface area contributed by atoms with Crippen molar-refractivity contribution in [3.63, 3.8) is 0 Å². The van der Waals surface area contributed by atoms with E-state index in [4.69, 9.17) is 4.74 Å². The van der Waals surface area contributed by atoms with E-state index in [1.165, 1.54) is 0 Å². The number of hydrogen-bond acceptors (Lipinski definition) is 4. The van der Waals surface area contributed by atoms with Crippen molar-refractivity contribution in [1.29, 1.82) is 0 Å². The summed E-state index contributed by atoms with van der Waals surface area (Å²) < 4.78 is 32.9. The van der Waals surface area contributed by atoms with Crippen LogP contribution in [0.15, 0.2) is 17.0 Å². The molecule has 0 saturated carbocycles. The Morgan fingerprint density at radius 1 is 1.30 bits per heavy atom. The third-order valence-corrected chi connectivity index (χ3v) is 5.07. The van der Waals surface area contributed by atoms with Crippen LogP contribution in [0.25, 0.3) is 0 Å². The van der Waals surface area contributed by atoms with Crippen LogP contribution in [0.4, 0.5) is 0 Å². The molecular weight excluding hydrogens is 276 g/mol. The van der Waals surface area contributed by atoms with Gasteiger partial charge in [0, 0.05) is 12.6 Å². The van der Waals surface area contributed by atoms with Crippen molar-refractivity contribution in [2.45, 2.75) is 37.6 Å². The van der Waals surface area contributed by atoms with E-state index in [-0.39, 0.29) is 6.04 Å². The van der Waals surface area contributed by atoms with Gasteiger partial charge in [-0.2, -0.15) is 0 Å². The normalized spacial score (nSPS) is 19.9. The fourth-order valence-corrected chi connectivity index (χ4v) is 4.07. The second-order valence-corrected chi connectivity index (χ2v) is 6.97. The van der Waals surface area contributed by atoms with E-state index in [9.17, 15) is 8.42 Å². The van der Waals surface area contributed by atoms with E-state index in [1.807, 2.05) is 13.8 Å². The molecule has 0 aliphatic carbocycles. The molecule has 1 aromatic rings. The van der Waals surface area contributed by atoms with Crippen LogP contribution in [0.1, 0.15) is 24.0 Å². The van der Waals surface area contributed by atoms with Gasteiger partial charge in [-0.25, -0.2) is 13.1 Å². The first kappa shape index (κ1) is 15.3. The minimum Gasteiger partial charge on any atom is -0.496 e. The number of ether oxygens (including phenoxy) is 1. The van der Waals surface area contributed by atoms with E-state index >= 15 is 0 Å². The summed E-state index contributed by atoms with van der Waals surface area (Å²) in [6, 6.07) is 3.28. The first-order valence-corrected chi connectivity index (χ1v) is 8.30. The highest BCUT2D eigenvalue weighted by molar-refractivity contribution is 7.89. The third-order valence-electron chi connectivity index (χ3n) is 3.57. The molecule has 1 aliphatic heterocycles. The molecular formula is C14H22N2O3S. The zero-order valence-electron chi connectivity index (χ0n) is 12.2. The van der Waals surface area contributed by atoms with Gasteiger partial charge in [-0.1, -0.05) is 0 Å². The summed E-state index contributed by atoms with van der Waals surface area (Å²) in [7, 11) is -1.88. The standard InChI is InChI=1S/C14H22N2O3S/c1-10-7-13(8-11(2)14(10)19-3)20(17,18)16-12-5-4-6-15-9-12/h7-8,12,15-16H,4-6,9H2,1-3H3. The fraction of sp³-hybridized carbons (Fsp3) is 0.571. The number of hydrogen-bond donors (Lipinski definition) is 2. The van der Waals surface area contributed by atoms with Crippen LogP contribution < -0.4 is 14.8 Å². The van der Waals surface area contributed by atoms with E-state index in [2.05, 4.69) is 10.0 Å². The molecule has 1 unspecified atom stereocenters. The maximum absolute atomic E-state index is 12.4. The molecule has 0 aromatic heterocycles. The van der Waals surface area contributed by atoms with Crippen LogP contribution in [0.5, 0.6) is 5.75 Å². The molecule has 1 heterocycles. The van der Waals surface area contributed by atoms with Gasteiger partial charge in [-0.3, -0.25) is 0 Å². The molecule has 5 nitrogen and oxygen atoms in total. The maximum Gasteiger partial charge on any atom is 0.240 e. The van der Waals surface area contributed by atoms with Gasteiger partial charge in [-0.15, -0.1) is 0 Å². The molecule has 0 spiro atoms. The Hall–Kier alpha value is -1.11. The maximum atomic E-state index is 12.4. The topological polar surface area (TPSA) is 67.4 Å². The first-order chi connectivity index (χ1) is 9.44. The highest BCUT2D eigenvalue weighted by Crippen LogP contribution is 2.26. The van der Waals surface area contributed by atoms with Gasteiger partial charge in [-0.05, 0) is 56.5 Å². The third kappa shape index (κ3) is 3.31. The second kappa shape index (κ2) is 6.11. The highest BCUT2D eigenvalue weighted by atomic mass is 32.2. The monoisotopic (exact) mass is 298 g/mol. The lowest BCUT2D eigenvalue weighted by molar-refractivity contribution is 0.408. The average molecular weight is 298 g/mol. The van der Waals surface area contributed by atoms with Crippen molar-refractivity contribution in [1.82, 2.24) is 10.0 Å². The number of aryl methyl sites for hydroxylation is 2. The van der Waals surface area contributed by atoms with E-state index < -0.39 is 10.0 Å². The van der Waals surface area contributed by atoms with Crippen LogP contribution >= 0.6 is 0 Å². The molecule has 1 aromatic carbocycles. The van der Waals surface area contributed by atoms with E-state index in [0.29, 0.717) is 11.4 Å². The van der Waals surface area contributed by atoms with Gasteiger partial charge in [0.25, 0.3) is 0 Å². The molecule has 112 valence electrons. The number of benzene rings is 1. The lowest BCUT2D eigenvalue weighted by Gasteiger charge is -2.24. The van der Waals surface area contributed by atoms with E-state index in [1.54, 1.807) is 19.2 Å². The van der Waals surface area contributed by atoms with Crippen LogP contribution in [-0.4, -0.2) is 34.7 Å². The van der Waals surface area contributed by atoms with E-state index in [0.717, 1.165) is 36.3 Å². The van der Waals surface area contributed by atoms with Gasteiger partial charge in [0.15, 0.2) is 0 Å². The summed E-state index contributed by atoms with van der Waals surface area (Å²) >= 11 is 0. The Morgan fingerprint density at radius 3 is 2.45 bits per heavy atom. The summed E-state index contributed by atoms with van der Waals surface area (Å²) in [6.07, 6.45) is 1.87. The van der Waals surface area contributed by atoms with Crippen molar-refractivity contribution < 1.29 is 13.2 Å². The van der Waals surface area contributed by atoms with Gasteiger partial charge in [0.2, 0.25) is 10.0 Å². The van der Waals surface area contributed by atoms with Crippen LogP contribution in [0.3, 0.4) is 0 Å². The molecule has 0 radical (unpaired) electrons. The zero-order chi connectivity index (χ0) is 14.8. The van der Waals surface area contributed by atoms with Crippen molar-refractivity contribution in [2.75, 3.05) is 20.2 Å². The van der Waals surface area contributed by atoms with Crippen molar-refractivity contribution in [3.05, 3.63) is 23.3 Å². The predicted octanol–water partition coefficient (Wildman–Crippen LogP) is 1.34. The molecule has 6 heteroatoms. The number of methoxy groups -OCH3 is 1. The van der Waals surface area contributed by atoms with Gasteiger partial charge >= 0.3 is 0 Å². The second-order valence-electron chi connectivity index (χ2n) is 5.25.